The van der Waals surface area contributed by atoms with E-state index in [1.807, 2.05) is 0 Å². The second-order valence-electron chi connectivity index (χ2n) is 5.94. The number of benzene rings is 2. The molecule has 0 bridgehead atoms. The summed E-state index contributed by atoms with van der Waals surface area (Å²) in [5.74, 6) is -4.90. The lowest BCUT2D eigenvalue weighted by Gasteiger charge is -2.11. The normalized spacial score (nSPS) is 13.5. The van der Waals surface area contributed by atoms with Crippen LogP contribution in [-0.4, -0.2) is 22.2 Å². The van der Waals surface area contributed by atoms with Crippen LogP contribution in [0.5, 0.6) is 0 Å². The van der Waals surface area contributed by atoms with E-state index in [1.54, 1.807) is 0 Å². The predicted molar refractivity (Wildman–Crippen MR) is 91.6 cm³/mol. The number of rotatable bonds is 8. The smallest absolute Gasteiger partial charge is 0.310 e. The highest BCUT2D eigenvalue weighted by molar-refractivity contribution is 5.75. The molecule has 0 aliphatic heterocycles. The Balaban J connectivity index is 2.11. The highest BCUT2D eigenvalue weighted by atomic mass is 19.1. The molecule has 2 atom stereocenters. The van der Waals surface area contributed by atoms with E-state index in [4.69, 9.17) is 0 Å². The summed E-state index contributed by atoms with van der Waals surface area (Å²) in [6, 6.07) is 10.9. The average molecular weight is 360 g/mol. The highest BCUT2D eigenvalue weighted by Gasteiger charge is 2.19. The highest BCUT2D eigenvalue weighted by Crippen LogP contribution is 2.16. The lowest BCUT2D eigenvalue weighted by atomic mass is 9.94. The van der Waals surface area contributed by atoms with Gasteiger partial charge in [0.05, 0.1) is 11.8 Å². The summed E-state index contributed by atoms with van der Waals surface area (Å²) in [5.41, 5.74) is 1.27. The molecule has 0 aromatic heterocycles. The van der Waals surface area contributed by atoms with E-state index in [1.165, 1.54) is 60.7 Å². The zero-order valence-corrected chi connectivity index (χ0v) is 13.8. The van der Waals surface area contributed by atoms with Gasteiger partial charge in [-0.15, -0.1) is 0 Å². The van der Waals surface area contributed by atoms with Crippen molar-refractivity contribution in [3.05, 3.63) is 83.4 Å². The van der Waals surface area contributed by atoms with Crippen molar-refractivity contribution in [2.75, 3.05) is 0 Å². The lowest BCUT2D eigenvalue weighted by molar-refractivity contribution is -0.141. The van der Waals surface area contributed by atoms with Gasteiger partial charge in [-0.05, 0) is 48.2 Å². The molecule has 0 spiro atoms. The summed E-state index contributed by atoms with van der Waals surface area (Å²) in [5, 5.41) is 18.7. The largest absolute Gasteiger partial charge is 0.481 e. The van der Waals surface area contributed by atoms with Gasteiger partial charge in [-0.1, -0.05) is 36.4 Å². The first kappa shape index (κ1) is 19.3. The van der Waals surface area contributed by atoms with Gasteiger partial charge in [-0.25, -0.2) is 8.78 Å². The minimum Gasteiger partial charge on any atom is -0.481 e. The fourth-order valence-electron chi connectivity index (χ4n) is 2.49. The van der Waals surface area contributed by atoms with Crippen molar-refractivity contribution in [3.8, 4) is 0 Å². The summed E-state index contributed by atoms with van der Waals surface area (Å²) in [4.78, 5) is 22.9. The molecule has 0 saturated carbocycles. The van der Waals surface area contributed by atoms with Crippen molar-refractivity contribution < 1.29 is 28.6 Å². The Morgan fingerprint density at radius 1 is 0.731 bits per heavy atom. The summed E-state index contributed by atoms with van der Waals surface area (Å²) in [6.07, 6.45) is 2.92. The topological polar surface area (TPSA) is 74.6 Å². The van der Waals surface area contributed by atoms with Crippen molar-refractivity contribution in [1.82, 2.24) is 0 Å². The molecule has 0 fully saturated rings. The molecule has 0 aliphatic carbocycles. The number of carboxylic acid groups (broad SMARTS) is 2. The molecular weight excluding hydrogens is 342 g/mol. The average Bonchev–Trinajstić information content (AvgIpc) is 2.60. The molecule has 2 aromatic carbocycles. The van der Waals surface area contributed by atoms with Gasteiger partial charge in [0.2, 0.25) is 0 Å². The van der Waals surface area contributed by atoms with Gasteiger partial charge in [0.25, 0.3) is 0 Å². The molecule has 0 saturated heterocycles. The number of aliphatic carboxylic acids is 2. The maximum atomic E-state index is 12.9. The third-order valence-electron chi connectivity index (χ3n) is 3.95. The molecule has 0 aliphatic rings. The van der Waals surface area contributed by atoms with Crippen LogP contribution in [0.2, 0.25) is 0 Å². The van der Waals surface area contributed by atoms with E-state index in [0.717, 1.165) is 0 Å². The first-order valence-corrected chi connectivity index (χ1v) is 7.98. The van der Waals surface area contributed by atoms with Crippen LogP contribution in [0, 0.1) is 23.5 Å². The Labute approximate surface area is 149 Å². The monoisotopic (exact) mass is 360 g/mol. The third kappa shape index (κ3) is 5.81. The molecular formula is C20H18F2O4. The number of hydrogen-bond acceptors (Lipinski definition) is 2. The minimum atomic E-state index is -1.10. The third-order valence-corrected chi connectivity index (χ3v) is 3.95. The van der Waals surface area contributed by atoms with Crippen LogP contribution in [-0.2, 0) is 22.4 Å². The molecule has 26 heavy (non-hydrogen) atoms. The number of carboxylic acids is 2. The molecule has 2 aromatic rings. The van der Waals surface area contributed by atoms with Crippen molar-refractivity contribution in [1.29, 1.82) is 0 Å². The number of carbonyl (C=O) groups is 2. The van der Waals surface area contributed by atoms with Gasteiger partial charge in [0.15, 0.2) is 0 Å². The van der Waals surface area contributed by atoms with Gasteiger partial charge in [0.1, 0.15) is 11.6 Å². The molecule has 0 heterocycles. The van der Waals surface area contributed by atoms with Gasteiger partial charge < -0.3 is 10.2 Å². The van der Waals surface area contributed by atoms with Gasteiger partial charge in [-0.2, -0.15) is 0 Å². The summed E-state index contributed by atoms with van der Waals surface area (Å²) in [6.45, 7) is 0. The molecule has 2 N–H and O–H groups in total. The van der Waals surface area contributed by atoms with Crippen molar-refractivity contribution in [2.45, 2.75) is 12.8 Å². The molecule has 136 valence electrons. The minimum absolute atomic E-state index is 0.120. The maximum absolute atomic E-state index is 12.9. The van der Waals surface area contributed by atoms with Gasteiger partial charge in [-0.3, -0.25) is 9.59 Å². The van der Waals surface area contributed by atoms with Crippen LogP contribution >= 0.6 is 0 Å². The first-order valence-electron chi connectivity index (χ1n) is 7.98. The Morgan fingerprint density at radius 2 is 1.04 bits per heavy atom. The quantitative estimate of drug-likeness (QED) is 0.704. The Bertz CT molecular complexity index is 715. The fraction of sp³-hybridized carbons (Fsp3) is 0.200. The first-order chi connectivity index (χ1) is 12.3. The van der Waals surface area contributed by atoms with E-state index in [2.05, 4.69) is 0 Å². The lowest BCUT2D eigenvalue weighted by Crippen LogP contribution is -2.17. The zero-order chi connectivity index (χ0) is 19.1. The van der Waals surface area contributed by atoms with Crippen molar-refractivity contribution >= 4 is 11.9 Å². The number of hydrogen-bond donors (Lipinski definition) is 2. The van der Waals surface area contributed by atoms with Crippen molar-refractivity contribution in [3.63, 3.8) is 0 Å². The molecule has 6 heteroatoms. The fourth-order valence-corrected chi connectivity index (χ4v) is 2.49. The Kier molecular flexibility index (Phi) is 6.60. The SMILES string of the molecule is O=C(O)[C@H](/C=C/[C@H](Cc1ccc(F)cc1)C(=O)O)Cc1ccc(F)cc1. The summed E-state index contributed by atoms with van der Waals surface area (Å²) < 4.78 is 25.9. The summed E-state index contributed by atoms with van der Waals surface area (Å²) >= 11 is 0. The predicted octanol–water partition coefficient (Wildman–Crippen LogP) is 3.71. The second kappa shape index (κ2) is 8.89. The standard InChI is InChI=1S/C20H18F2O4/c21-17-7-1-13(2-8-17)11-15(19(23)24)5-6-16(20(25)26)12-14-3-9-18(22)10-4-14/h1-10,15-16H,11-12H2,(H,23,24)(H,25,26)/b6-5+/t15-,16-/m1/s1. The van der Waals surface area contributed by atoms with E-state index < -0.39 is 35.4 Å². The van der Waals surface area contributed by atoms with Gasteiger partial charge in [0, 0.05) is 0 Å². The van der Waals surface area contributed by atoms with Crippen LogP contribution in [0.4, 0.5) is 8.78 Å². The van der Waals surface area contributed by atoms with Crippen molar-refractivity contribution in [2.24, 2.45) is 11.8 Å². The molecule has 0 amide bonds. The molecule has 4 nitrogen and oxygen atoms in total. The van der Waals surface area contributed by atoms with E-state index in [9.17, 15) is 28.6 Å². The summed E-state index contributed by atoms with van der Waals surface area (Å²) in [7, 11) is 0. The second-order valence-corrected chi connectivity index (χ2v) is 5.94. The van der Waals surface area contributed by atoms with Crippen LogP contribution in [0.1, 0.15) is 11.1 Å². The van der Waals surface area contributed by atoms with E-state index in [-0.39, 0.29) is 12.8 Å². The number of halogens is 2. The van der Waals surface area contributed by atoms with Crippen LogP contribution in [0.3, 0.4) is 0 Å². The van der Waals surface area contributed by atoms with Gasteiger partial charge >= 0.3 is 11.9 Å². The molecule has 0 unspecified atom stereocenters. The van der Waals surface area contributed by atoms with Crippen LogP contribution in [0.15, 0.2) is 60.7 Å². The Hall–Kier alpha value is -3.02. The van der Waals surface area contributed by atoms with E-state index in [0.29, 0.717) is 11.1 Å². The Morgan fingerprint density at radius 3 is 1.31 bits per heavy atom. The van der Waals surface area contributed by atoms with Crippen LogP contribution in [0.25, 0.3) is 0 Å². The van der Waals surface area contributed by atoms with Crippen LogP contribution < -0.4 is 0 Å². The van der Waals surface area contributed by atoms with E-state index >= 15 is 0 Å². The zero-order valence-electron chi connectivity index (χ0n) is 13.8. The molecule has 0 radical (unpaired) electrons. The maximum Gasteiger partial charge on any atom is 0.310 e. The molecule has 2 rings (SSSR count).